The van der Waals surface area contributed by atoms with Crippen molar-refractivity contribution in [2.24, 2.45) is 5.84 Å². The average Bonchev–Trinajstić information content (AvgIpc) is 2.38. The highest BCUT2D eigenvalue weighted by atomic mass is 35.5. The first kappa shape index (κ1) is 14.6. The van der Waals surface area contributed by atoms with Crippen molar-refractivity contribution in [2.45, 2.75) is 19.1 Å². The Kier molecular flexibility index (Phi) is 4.70. The average molecular weight is 307 g/mol. The second-order valence-electron chi connectivity index (χ2n) is 4.42. The fraction of sp³-hybridized carbons (Fsp3) is 0.545. The van der Waals surface area contributed by atoms with Gasteiger partial charge in [-0.25, -0.2) is 10.8 Å². The van der Waals surface area contributed by atoms with Gasteiger partial charge in [-0.05, 0) is 13.0 Å². The number of hydrogen-bond donors (Lipinski definition) is 3. The molecule has 4 N–H and O–H groups in total. The van der Waals surface area contributed by atoms with Gasteiger partial charge in [-0.3, -0.25) is 0 Å². The normalized spacial score (nSPS) is 23.5. The summed E-state index contributed by atoms with van der Waals surface area (Å²) in [5.74, 6) is 6.29. The molecule has 1 fully saturated rings. The number of nitrogens with one attached hydrogen (secondary N) is 1. The molecule has 2 unspecified atom stereocenters. The third kappa shape index (κ3) is 3.21. The number of anilines is 2. The van der Waals surface area contributed by atoms with Gasteiger partial charge in [0, 0.05) is 13.1 Å². The minimum Gasteiger partial charge on any atom is -0.394 e. The van der Waals surface area contributed by atoms with Crippen molar-refractivity contribution in [3.63, 3.8) is 0 Å². The van der Waals surface area contributed by atoms with E-state index in [2.05, 4.69) is 10.4 Å². The molecule has 106 valence electrons. The van der Waals surface area contributed by atoms with Crippen LogP contribution in [0.15, 0.2) is 6.07 Å². The third-order valence-corrected chi connectivity index (χ3v) is 3.44. The van der Waals surface area contributed by atoms with Crippen molar-refractivity contribution in [3.8, 4) is 0 Å². The first-order valence-corrected chi connectivity index (χ1v) is 6.64. The lowest BCUT2D eigenvalue weighted by Crippen LogP contribution is -2.48. The summed E-state index contributed by atoms with van der Waals surface area (Å²) in [6, 6.07) is 1.59. The van der Waals surface area contributed by atoms with E-state index in [9.17, 15) is 5.11 Å². The molecule has 0 spiro atoms. The van der Waals surface area contributed by atoms with Crippen molar-refractivity contribution >= 4 is 34.8 Å². The van der Waals surface area contributed by atoms with E-state index < -0.39 is 0 Å². The minimum atomic E-state index is -0.258. The van der Waals surface area contributed by atoms with Crippen LogP contribution >= 0.6 is 23.2 Å². The second-order valence-corrected chi connectivity index (χ2v) is 5.24. The number of nitrogens with two attached hydrogens (primary N) is 1. The molecule has 2 atom stereocenters. The highest BCUT2D eigenvalue weighted by molar-refractivity contribution is 6.37. The summed E-state index contributed by atoms with van der Waals surface area (Å²) in [5, 5.41) is 10.0. The van der Waals surface area contributed by atoms with E-state index in [1.165, 1.54) is 0 Å². The number of aromatic nitrogens is 1. The van der Waals surface area contributed by atoms with Gasteiger partial charge in [0.25, 0.3) is 0 Å². The summed E-state index contributed by atoms with van der Waals surface area (Å²) in [4.78, 5) is 6.26. The fourth-order valence-corrected chi connectivity index (χ4v) is 2.63. The molecule has 0 saturated carbocycles. The Bertz CT molecular complexity index is 461. The molecule has 19 heavy (non-hydrogen) atoms. The van der Waals surface area contributed by atoms with Crippen LogP contribution in [0.2, 0.25) is 10.0 Å². The van der Waals surface area contributed by atoms with E-state index in [4.69, 9.17) is 33.8 Å². The number of aliphatic hydroxyl groups is 1. The summed E-state index contributed by atoms with van der Waals surface area (Å²) in [6.45, 7) is 3.03. The molecule has 0 amide bonds. The summed E-state index contributed by atoms with van der Waals surface area (Å²) in [7, 11) is 0. The zero-order chi connectivity index (χ0) is 14.0. The number of aliphatic hydroxyl groups excluding tert-OH is 1. The maximum Gasteiger partial charge on any atom is 0.161 e. The van der Waals surface area contributed by atoms with Crippen LogP contribution in [-0.4, -0.2) is 42.0 Å². The van der Waals surface area contributed by atoms with Crippen LogP contribution in [0.25, 0.3) is 0 Å². The molecular formula is C11H16Cl2N4O2. The van der Waals surface area contributed by atoms with Crippen LogP contribution in [0.4, 0.5) is 11.6 Å². The van der Waals surface area contributed by atoms with Gasteiger partial charge >= 0.3 is 0 Å². The zero-order valence-electron chi connectivity index (χ0n) is 10.4. The molecule has 1 saturated heterocycles. The largest absolute Gasteiger partial charge is 0.394 e. The van der Waals surface area contributed by atoms with Crippen LogP contribution in [0, 0.1) is 0 Å². The topological polar surface area (TPSA) is 83.6 Å². The number of morpholine rings is 1. The van der Waals surface area contributed by atoms with Crippen molar-refractivity contribution < 1.29 is 9.84 Å². The molecule has 1 aliphatic heterocycles. The van der Waals surface area contributed by atoms with Gasteiger partial charge in [0.1, 0.15) is 5.82 Å². The first-order chi connectivity index (χ1) is 9.05. The van der Waals surface area contributed by atoms with Crippen LogP contribution in [0.3, 0.4) is 0 Å². The second kappa shape index (κ2) is 6.11. The van der Waals surface area contributed by atoms with Gasteiger partial charge in [0.05, 0.1) is 28.9 Å². The quantitative estimate of drug-likeness (QED) is 0.576. The number of nitrogen functional groups attached to an aromatic ring is 1. The maximum absolute atomic E-state index is 9.23. The summed E-state index contributed by atoms with van der Waals surface area (Å²) in [5.41, 5.74) is 2.43. The fourth-order valence-electron chi connectivity index (χ4n) is 2.10. The molecule has 0 aromatic carbocycles. The Morgan fingerprint density at radius 1 is 1.53 bits per heavy atom. The Hall–Kier alpha value is -0.790. The summed E-state index contributed by atoms with van der Waals surface area (Å²) in [6.07, 6.45) is -0.277. The summed E-state index contributed by atoms with van der Waals surface area (Å²) >= 11 is 12.1. The number of hydrazine groups is 1. The molecular weight excluding hydrogens is 291 g/mol. The number of halogens is 2. The highest BCUT2D eigenvalue weighted by Crippen LogP contribution is 2.32. The third-order valence-electron chi connectivity index (χ3n) is 2.88. The lowest BCUT2D eigenvalue weighted by molar-refractivity contribution is -0.0422. The molecule has 2 rings (SSSR count). The predicted octanol–water partition coefficient (Wildman–Crippen LogP) is 1.26. The zero-order valence-corrected chi connectivity index (χ0v) is 11.9. The molecule has 0 bridgehead atoms. The smallest absolute Gasteiger partial charge is 0.161 e. The number of nitrogens with zero attached hydrogens (tertiary/aromatic N) is 2. The van der Waals surface area contributed by atoms with E-state index in [1.807, 2.05) is 11.8 Å². The molecule has 1 aliphatic rings. The van der Waals surface area contributed by atoms with E-state index in [-0.39, 0.29) is 18.8 Å². The molecule has 8 heteroatoms. The molecule has 6 nitrogen and oxygen atoms in total. The van der Waals surface area contributed by atoms with E-state index >= 15 is 0 Å². The molecule has 2 heterocycles. The Morgan fingerprint density at radius 3 is 2.89 bits per heavy atom. The Labute approximate surface area is 121 Å². The number of rotatable bonds is 3. The number of hydrogen-bond acceptors (Lipinski definition) is 6. The van der Waals surface area contributed by atoms with E-state index in [0.717, 1.165) is 0 Å². The molecule has 1 aromatic heterocycles. The van der Waals surface area contributed by atoms with Gasteiger partial charge in [0.2, 0.25) is 0 Å². The Balaban J connectivity index is 2.30. The monoisotopic (exact) mass is 306 g/mol. The van der Waals surface area contributed by atoms with Crippen molar-refractivity contribution in [3.05, 3.63) is 16.1 Å². The predicted molar refractivity (Wildman–Crippen MR) is 75.7 cm³/mol. The van der Waals surface area contributed by atoms with Crippen molar-refractivity contribution in [1.29, 1.82) is 0 Å². The van der Waals surface area contributed by atoms with Crippen molar-refractivity contribution in [1.82, 2.24) is 4.98 Å². The molecule has 0 radical (unpaired) electrons. The molecule has 0 aliphatic carbocycles. The van der Waals surface area contributed by atoms with E-state index in [1.54, 1.807) is 6.07 Å². The van der Waals surface area contributed by atoms with Crippen LogP contribution in [0.1, 0.15) is 6.92 Å². The number of pyridine rings is 1. The lowest BCUT2D eigenvalue weighted by Gasteiger charge is -2.37. The van der Waals surface area contributed by atoms with Gasteiger partial charge in [-0.2, -0.15) is 0 Å². The van der Waals surface area contributed by atoms with Gasteiger partial charge in [-0.15, -0.1) is 0 Å². The standard InChI is InChI=1S/C11H16Cl2N4O2/c1-6-3-17(4-7(5-18)19-6)11-9(13)2-8(12)10(15-11)16-14/h2,6-7,18H,3-5,14H2,1H3,(H,15,16). The van der Waals surface area contributed by atoms with Gasteiger partial charge in [0.15, 0.2) is 5.82 Å². The SMILES string of the molecule is CC1CN(c2nc(NN)c(Cl)cc2Cl)CC(CO)O1. The first-order valence-electron chi connectivity index (χ1n) is 5.89. The van der Waals surface area contributed by atoms with Crippen LogP contribution < -0.4 is 16.2 Å². The van der Waals surface area contributed by atoms with Gasteiger partial charge in [-0.1, -0.05) is 23.2 Å². The van der Waals surface area contributed by atoms with Crippen LogP contribution in [0.5, 0.6) is 0 Å². The number of ether oxygens (including phenoxy) is 1. The lowest BCUT2D eigenvalue weighted by atomic mass is 10.2. The van der Waals surface area contributed by atoms with Crippen molar-refractivity contribution in [2.75, 3.05) is 30.0 Å². The minimum absolute atomic E-state index is 0.0197. The van der Waals surface area contributed by atoms with Crippen LogP contribution in [-0.2, 0) is 4.74 Å². The maximum atomic E-state index is 9.23. The van der Waals surface area contributed by atoms with E-state index in [0.29, 0.717) is 34.8 Å². The van der Waals surface area contributed by atoms with Gasteiger partial charge < -0.3 is 20.2 Å². The Morgan fingerprint density at radius 2 is 2.26 bits per heavy atom. The summed E-state index contributed by atoms with van der Waals surface area (Å²) < 4.78 is 5.58. The highest BCUT2D eigenvalue weighted by Gasteiger charge is 2.27. The molecule has 1 aromatic rings.